The first-order valence-corrected chi connectivity index (χ1v) is 12.5. The van der Waals surface area contributed by atoms with Gasteiger partial charge >= 0.3 is 0 Å². The summed E-state index contributed by atoms with van der Waals surface area (Å²) in [5.41, 5.74) is 6.49. The number of rotatable bonds is 10. The minimum absolute atomic E-state index is 0.257. The van der Waals surface area contributed by atoms with Gasteiger partial charge in [-0.3, -0.25) is 0 Å². The van der Waals surface area contributed by atoms with Crippen molar-refractivity contribution in [1.29, 1.82) is 0 Å². The summed E-state index contributed by atoms with van der Waals surface area (Å²) in [7, 11) is 0. The van der Waals surface area contributed by atoms with Crippen molar-refractivity contribution in [3.63, 3.8) is 0 Å². The fraction of sp³-hybridized carbons (Fsp3) is 0.519. The molecule has 0 saturated carbocycles. The van der Waals surface area contributed by atoms with E-state index >= 15 is 0 Å². The van der Waals surface area contributed by atoms with Crippen LogP contribution in [0.1, 0.15) is 56.7 Å². The molecule has 0 unspecified atom stereocenters. The summed E-state index contributed by atoms with van der Waals surface area (Å²) >= 11 is 5.83. The van der Waals surface area contributed by atoms with E-state index in [0.717, 1.165) is 49.9 Å². The third kappa shape index (κ3) is 7.21. The third-order valence-corrected chi connectivity index (χ3v) is 6.20. The monoisotopic (exact) mass is 453 g/mol. The molecule has 2 aromatic rings. The van der Waals surface area contributed by atoms with E-state index in [0.29, 0.717) is 0 Å². The summed E-state index contributed by atoms with van der Waals surface area (Å²) < 4.78 is 5.77. The van der Waals surface area contributed by atoms with Crippen LogP contribution in [0.2, 0.25) is 0 Å². The highest BCUT2D eigenvalue weighted by Crippen LogP contribution is 2.28. The predicted molar refractivity (Wildman–Crippen MR) is 141 cm³/mol. The van der Waals surface area contributed by atoms with Crippen LogP contribution in [0.3, 0.4) is 0 Å². The van der Waals surface area contributed by atoms with Gasteiger partial charge in [0.25, 0.3) is 0 Å². The summed E-state index contributed by atoms with van der Waals surface area (Å²) in [5, 5.41) is 4.20. The van der Waals surface area contributed by atoms with Gasteiger partial charge in [0.15, 0.2) is 5.11 Å². The van der Waals surface area contributed by atoms with Gasteiger partial charge in [-0.2, -0.15) is 0 Å². The Kier molecular flexibility index (Phi) is 9.36. The molecule has 0 saturated heterocycles. The molecule has 3 rings (SSSR count). The molecular formula is C27H39N3OS. The van der Waals surface area contributed by atoms with Crippen LogP contribution in [0.25, 0.3) is 0 Å². The van der Waals surface area contributed by atoms with Gasteiger partial charge in [0.05, 0.1) is 6.10 Å². The van der Waals surface area contributed by atoms with Crippen molar-refractivity contribution >= 4 is 28.7 Å². The van der Waals surface area contributed by atoms with E-state index in [1.807, 2.05) is 0 Å². The average Bonchev–Trinajstić information content (AvgIpc) is 2.77. The number of ether oxygens (including phenoxy) is 1. The minimum atomic E-state index is 0.257. The topological polar surface area (TPSA) is 27.7 Å². The fourth-order valence-corrected chi connectivity index (χ4v) is 4.49. The van der Waals surface area contributed by atoms with Crippen molar-refractivity contribution < 1.29 is 4.74 Å². The van der Waals surface area contributed by atoms with Crippen molar-refractivity contribution in [2.75, 3.05) is 36.5 Å². The third-order valence-electron chi connectivity index (χ3n) is 5.84. The summed E-state index contributed by atoms with van der Waals surface area (Å²) in [6.07, 6.45) is 4.79. The number of fused-ring (bicyclic) bond motifs is 1. The molecule has 1 aliphatic rings. The number of anilines is 2. The molecule has 2 aromatic carbocycles. The van der Waals surface area contributed by atoms with Gasteiger partial charge in [0.1, 0.15) is 0 Å². The molecule has 0 aliphatic carbocycles. The van der Waals surface area contributed by atoms with Crippen LogP contribution < -0.4 is 10.2 Å². The van der Waals surface area contributed by atoms with E-state index < -0.39 is 0 Å². The molecule has 0 radical (unpaired) electrons. The lowest BCUT2D eigenvalue weighted by Crippen LogP contribution is -2.36. The van der Waals surface area contributed by atoms with E-state index in [1.54, 1.807) is 0 Å². The average molecular weight is 454 g/mol. The Hall–Kier alpha value is -2.11. The minimum Gasteiger partial charge on any atom is -0.379 e. The first kappa shape index (κ1) is 24.5. The normalized spacial score (nSPS) is 13.2. The van der Waals surface area contributed by atoms with Gasteiger partial charge in [-0.25, -0.2) is 0 Å². The Morgan fingerprint density at radius 2 is 1.97 bits per heavy atom. The first-order valence-electron chi connectivity index (χ1n) is 12.1. The standard InChI is InChI=1S/C27H39N3OS/c1-5-15-29-16-6-8-24-19-23(11-14-26(24)29)20-30(17-7-18-31-21(2)3)27(32)28-25-12-9-22(4)10-13-25/h9-14,19,21H,5-8,15-18,20H2,1-4H3,(H,28,32). The van der Waals surface area contributed by atoms with Crippen LogP contribution in [0, 0.1) is 6.92 Å². The van der Waals surface area contributed by atoms with Crippen LogP contribution in [0.4, 0.5) is 11.4 Å². The van der Waals surface area contributed by atoms with Crippen LogP contribution in [-0.2, 0) is 17.7 Å². The highest BCUT2D eigenvalue weighted by molar-refractivity contribution is 7.80. The lowest BCUT2D eigenvalue weighted by atomic mass is 9.99. The second-order valence-corrected chi connectivity index (χ2v) is 9.43. The second kappa shape index (κ2) is 12.2. The predicted octanol–water partition coefficient (Wildman–Crippen LogP) is 6.17. The number of benzene rings is 2. The Bertz CT molecular complexity index is 866. The molecule has 0 fully saturated rings. The quantitative estimate of drug-likeness (QED) is 0.343. The molecule has 0 bridgehead atoms. The van der Waals surface area contributed by atoms with Crippen molar-refractivity contribution in [2.24, 2.45) is 0 Å². The largest absolute Gasteiger partial charge is 0.379 e. The van der Waals surface area contributed by atoms with Gasteiger partial charge in [0.2, 0.25) is 0 Å². The smallest absolute Gasteiger partial charge is 0.173 e. The van der Waals surface area contributed by atoms with Crippen LogP contribution in [0.5, 0.6) is 0 Å². The molecule has 0 spiro atoms. The van der Waals surface area contributed by atoms with Crippen molar-refractivity contribution in [2.45, 2.75) is 66.0 Å². The van der Waals surface area contributed by atoms with E-state index in [2.05, 4.69) is 85.3 Å². The van der Waals surface area contributed by atoms with Gasteiger partial charge in [-0.1, -0.05) is 36.8 Å². The fourth-order valence-electron chi connectivity index (χ4n) is 4.22. The van der Waals surface area contributed by atoms with Crippen LogP contribution >= 0.6 is 12.2 Å². The lowest BCUT2D eigenvalue weighted by molar-refractivity contribution is 0.0739. The zero-order valence-corrected chi connectivity index (χ0v) is 21.0. The number of hydrogen-bond donors (Lipinski definition) is 1. The van der Waals surface area contributed by atoms with Crippen LogP contribution in [0.15, 0.2) is 42.5 Å². The summed E-state index contributed by atoms with van der Waals surface area (Å²) in [6.45, 7) is 13.2. The van der Waals surface area contributed by atoms with E-state index in [1.165, 1.54) is 41.8 Å². The Balaban J connectivity index is 1.71. The molecule has 0 amide bonds. The molecular weight excluding hydrogens is 414 g/mol. The molecule has 174 valence electrons. The number of hydrogen-bond acceptors (Lipinski definition) is 3. The molecule has 5 heteroatoms. The summed E-state index contributed by atoms with van der Waals surface area (Å²) in [4.78, 5) is 4.81. The SMILES string of the molecule is CCCN1CCCc2cc(CN(CCCOC(C)C)C(=S)Nc3ccc(C)cc3)ccc21. The Labute approximate surface area is 199 Å². The Morgan fingerprint density at radius 1 is 1.19 bits per heavy atom. The van der Waals surface area contributed by atoms with Crippen molar-refractivity contribution in [1.82, 2.24) is 4.90 Å². The number of aryl methyl sites for hydroxylation is 2. The summed E-state index contributed by atoms with van der Waals surface area (Å²) in [5.74, 6) is 0. The zero-order chi connectivity index (χ0) is 22.9. The van der Waals surface area contributed by atoms with E-state index in [9.17, 15) is 0 Å². The van der Waals surface area contributed by atoms with E-state index in [4.69, 9.17) is 17.0 Å². The lowest BCUT2D eigenvalue weighted by Gasteiger charge is -2.32. The van der Waals surface area contributed by atoms with Crippen molar-refractivity contribution in [3.8, 4) is 0 Å². The first-order chi connectivity index (χ1) is 15.5. The molecule has 1 N–H and O–H groups in total. The number of nitrogens with zero attached hydrogens (tertiary/aromatic N) is 2. The molecule has 32 heavy (non-hydrogen) atoms. The van der Waals surface area contributed by atoms with Crippen LogP contribution in [-0.4, -0.2) is 42.4 Å². The highest BCUT2D eigenvalue weighted by Gasteiger charge is 2.18. The molecule has 0 aromatic heterocycles. The van der Waals surface area contributed by atoms with Crippen molar-refractivity contribution in [3.05, 3.63) is 59.2 Å². The maximum absolute atomic E-state index is 5.83. The van der Waals surface area contributed by atoms with Gasteiger partial charge in [-0.05, 0) is 88.0 Å². The van der Waals surface area contributed by atoms with Gasteiger partial charge in [0, 0.05) is 44.2 Å². The van der Waals surface area contributed by atoms with E-state index in [-0.39, 0.29) is 6.10 Å². The van der Waals surface area contributed by atoms with Gasteiger partial charge in [-0.15, -0.1) is 0 Å². The highest BCUT2D eigenvalue weighted by atomic mass is 32.1. The number of thiocarbonyl (C=S) groups is 1. The molecule has 4 nitrogen and oxygen atoms in total. The number of nitrogens with one attached hydrogen (secondary N) is 1. The second-order valence-electron chi connectivity index (χ2n) is 9.04. The Morgan fingerprint density at radius 3 is 2.69 bits per heavy atom. The summed E-state index contributed by atoms with van der Waals surface area (Å²) in [6, 6.07) is 15.4. The molecule has 1 aliphatic heterocycles. The zero-order valence-electron chi connectivity index (χ0n) is 20.2. The maximum atomic E-state index is 5.83. The van der Waals surface area contributed by atoms with Gasteiger partial charge < -0.3 is 19.9 Å². The molecule has 0 atom stereocenters. The maximum Gasteiger partial charge on any atom is 0.173 e. The molecule has 1 heterocycles.